The van der Waals surface area contributed by atoms with Crippen LogP contribution in [-0.2, 0) is 19.3 Å². The Kier molecular flexibility index (Phi) is 35.3. The first kappa shape index (κ1) is 45.2. The maximum absolute atomic E-state index is 4.16. The maximum atomic E-state index is 4.16. The van der Waals surface area contributed by atoms with Crippen molar-refractivity contribution in [2.24, 2.45) is 0 Å². The van der Waals surface area contributed by atoms with Crippen LogP contribution in [0.1, 0.15) is 262 Å². The highest BCUT2D eigenvalue weighted by atomic mass is 14.1. The van der Waals surface area contributed by atoms with Crippen LogP contribution in [0.2, 0.25) is 0 Å². The molecule has 0 saturated heterocycles. The molecular formula is C48H89. The van der Waals surface area contributed by atoms with Gasteiger partial charge in [0.15, 0.2) is 0 Å². The molecule has 1 aromatic carbocycles. The fourth-order valence-corrected chi connectivity index (χ4v) is 7.86. The molecule has 0 aromatic heterocycles. The van der Waals surface area contributed by atoms with Crippen molar-refractivity contribution in [1.29, 1.82) is 0 Å². The highest BCUT2D eigenvalue weighted by Gasteiger charge is 2.09. The van der Waals surface area contributed by atoms with Crippen molar-refractivity contribution in [2.75, 3.05) is 0 Å². The second-order valence-electron chi connectivity index (χ2n) is 15.8. The molecule has 0 N–H and O–H groups in total. The number of unbranched alkanes of at least 4 members (excludes halogenated alkanes) is 33. The van der Waals surface area contributed by atoms with Crippen LogP contribution >= 0.6 is 0 Å². The minimum Gasteiger partial charge on any atom is -0.0654 e. The first-order valence-corrected chi connectivity index (χ1v) is 22.7. The van der Waals surface area contributed by atoms with Gasteiger partial charge in [-0.25, -0.2) is 0 Å². The fraction of sp³-hybridized carbons (Fsp3) is 0.854. The molecule has 0 bridgehead atoms. The Morgan fingerprint density at radius 3 is 0.812 bits per heavy atom. The summed E-state index contributed by atoms with van der Waals surface area (Å²) in [6.45, 7) is 8.78. The van der Waals surface area contributed by atoms with Gasteiger partial charge in [0.1, 0.15) is 0 Å². The zero-order valence-electron chi connectivity index (χ0n) is 33.5. The van der Waals surface area contributed by atoms with Crippen LogP contribution in [0, 0.1) is 6.92 Å². The zero-order valence-corrected chi connectivity index (χ0v) is 33.5. The molecule has 0 nitrogen and oxygen atoms in total. The standard InChI is InChI=1S/C48H89/c1-4-7-10-12-14-16-18-20-22-24-26-28-30-32-34-36-38-41-46-43-40-44-47(48(46)45-9-6-3)42-39-37-35-33-31-29-27-25-23-21-19-17-15-13-11-8-5-2/h40,43-44H,3-39,41-42,45H2,1-2H3. The van der Waals surface area contributed by atoms with Gasteiger partial charge in [-0.05, 0) is 55.2 Å². The topological polar surface area (TPSA) is 0 Å². The summed E-state index contributed by atoms with van der Waals surface area (Å²) >= 11 is 0. The Labute approximate surface area is 305 Å². The largest absolute Gasteiger partial charge is 0.0654 e. The van der Waals surface area contributed by atoms with E-state index in [4.69, 9.17) is 0 Å². The molecule has 0 saturated carbocycles. The average molecular weight is 666 g/mol. The van der Waals surface area contributed by atoms with E-state index in [1.54, 1.807) is 16.7 Å². The average Bonchev–Trinajstić information content (AvgIpc) is 3.10. The van der Waals surface area contributed by atoms with Crippen molar-refractivity contribution < 1.29 is 0 Å². The number of aryl methyl sites for hydroxylation is 2. The van der Waals surface area contributed by atoms with Crippen LogP contribution in [0.25, 0.3) is 0 Å². The Morgan fingerprint density at radius 1 is 0.312 bits per heavy atom. The van der Waals surface area contributed by atoms with Gasteiger partial charge in [-0.15, -0.1) is 0 Å². The Hall–Kier alpha value is -0.780. The second kappa shape index (κ2) is 37.5. The molecule has 0 atom stereocenters. The van der Waals surface area contributed by atoms with Crippen LogP contribution in [0.15, 0.2) is 18.2 Å². The third-order valence-corrected chi connectivity index (χ3v) is 11.1. The summed E-state index contributed by atoms with van der Waals surface area (Å²) in [5.74, 6) is 0. The van der Waals surface area contributed by atoms with Crippen LogP contribution in [-0.4, -0.2) is 0 Å². The van der Waals surface area contributed by atoms with Crippen LogP contribution in [0.3, 0.4) is 0 Å². The van der Waals surface area contributed by atoms with Crippen molar-refractivity contribution in [2.45, 2.75) is 264 Å². The molecule has 1 rings (SSSR count). The van der Waals surface area contributed by atoms with E-state index >= 15 is 0 Å². The van der Waals surface area contributed by atoms with E-state index in [0.29, 0.717) is 0 Å². The molecule has 0 heteroatoms. The van der Waals surface area contributed by atoms with E-state index < -0.39 is 0 Å². The smallest absolute Gasteiger partial charge is 0.0273 e. The molecule has 0 aliphatic heterocycles. The van der Waals surface area contributed by atoms with E-state index in [0.717, 1.165) is 6.42 Å². The number of hydrogen-bond donors (Lipinski definition) is 0. The summed E-state index contributed by atoms with van der Waals surface area (Å²) in [7, 11) is 0. The highest BCUT2D eigenvalue weighted by Crippen LogP contribution is 2.23. The third kappa shape index (κ3) is 29.0. The first-order chi connectivity index (χ1) is 23.8. The fourth-order valence-electron chi connectivity index (χ4n) is 7.86. The number of hydrogen-bond acceptors (Lipinski definition) is 0. The second-order valence-corrected chi connectivity index (χ2v) is 15.8. The van der Waals surface area contributed by atoms with Crippen molar-refractivity contribution in [3.05, 3.63) is 41.8 Å². The van der Waals surface area contributed by atoms with E-state index in [1.807, 2.05) is 0 Å². The lowest BCUT2D eigenvalue weighted by molar-refractivity contribution is 0.526. The van der Waals surface area contributed by atoms with Gasteiger partial charge < -0.3 is 0 Å². The molecule has 1 radical (unpaired) electrons. The lowest BCUT2D eigenvalue weighted by Crippen LogP contribution is -2.02. The zero-order chi connectivity index (χ0) is 34.4. The third-order valence-electron chi connectivity index (χ3n) is 11.1. The van der Waals surface area contributed by atoms with Crippen molar-refractivity contribution in [3.63, 3.8) is 0 Å². The number of rotatable bonds is 39. The monoisotopic (exact) mass is 666 g/mol. The summed E-state index contributed by atoms with van der Waals surface area (Å²) in [5, 5.41) is 0. The summed E-state index contributed by atoms with van der Waals surface area (Å²) in [6, 6.07) is 7.26. The van der Waals surface area contributed by atoms with Crippen LogP contribution < -0.4 is 0 Å². The first-order valence-electron chi connectivity index (χ1n) is 22.7. The quantitative estimate of drug-likeness (QED) is 0.0614. The summed E-state index contributed by atoms with van der Waals surface area (Å²) in [4.78, 5) is 0. The number of benzene rings is 1. The summed E-state index contributed by atoms with van der Waals surface area (Å²) in [5.41, 5.74) is 5.02. The van der Waals surface area contributed by atoms with Gasteiger partial charge in [0, 0.05) is 0 Å². The molecule has 0 unspecified atom stereocenters. The normalized spacial score (nSPS) is 11.6. The minimum absolute atomic E-state index is 1.06. The van der Waals surface area contributed by atoms with E-state index in [9.17, 15) is 0 Å². The van der Waals surface area contributed by atoms with Crippen molar-refractivity contribution in [3.8, 4) is 0 Å². The van der Waals surface area contributed by atoms with Gasteiger partial charge in [0.05, 0.1) is 0 Å². The molecule has 0 aliphatic carbocycles. The van der Waals surface area contributed by atoms with Crippen LogP contribution in [0.4, 0.5) is 0 Å². The lowest BCUT2D eigenvalue weighted by atomic mass is 9.90. The predicted octanol–water partition coefficient (Wildman–Crippen LogP) is 17.2. The van der Waals surface area contributed by atoms with Gasteiger partial charge in [-0.2, -0.15) is 0 Å². The molecule has 0 amide bonds. The maximum Gasteiger partial charge on any atom is -0.0273 e. The molecule has 1 aromatic rings. The van der Waals surface area contributed by atoms with Crippen molar-refractivity contribution >= 4 is 0 Å². The van der Waals surface area contributed by atoms with Gasteiger partial charge in [0.2, 0.25) is 0 Å². The summed E-state index contributed by atoms with van der Waals surface area (Å²) in [6.07, 6.45) is 55.4. The Morgan fingerprint density at radius 2 is 0.562 bits per heavy atom. The minimum atomic E-state index is 1.06. The van der Waals surface area contributed by atoms with Gasteiger partial charge >= 0.3 is 0 Å². The van der Waals surface area contributed by atoms with E-state index in [-0.39, 0.29) is 0 Å². The molecule has 0 spiro atoms. The molecule has 0 heterocycles. The highest BCUT2D eigenvalue weighted by molar-refractivity contribution is 5.36. The lowest BCUT2D eigenvalue weighted by Gasteiger charge is -2.15. The Balaban J connectivity index is 2.06. The molecule has 48 heavy (non-hydrogen) atoms. The Bertz CT molecular complexity index is 690. The molecule has 281 valence electrons. The van der Waals surface area contributed by atoms with Gasteiger partial charge in [-0.1, -0.05) is 251 Å². The summed E-state index contributed by atoms with van der Waals surface area (Å²) < 4.78 is 0. The predicted molar refractivity (Wildman–Crippen MR) is 220 cm³/mol. The molecule has 0 fully saturated rings. The van der Waals surface area contributed by atoms with Crippen molar-refractivity contribution in [1.82, 2.24) is 0 Å². The molecule has 0 aliphatic rings. The van der Waals surface area contributed by atoms with E-state index in [2.05, 4.69) is 39.0 Å². The van der Waals surface area contributed by atoms with Crippen LogP contribution in [0.5, 0.6) is 0 Å². The molecular weight excluding hydrogens is 577 g/mol. The SMILES string of the molecule is [CH2]CCCc1c(CCCCCCCCCCCCCCCCCCC)cccc1CCCCCCCCCCCCCCCCCCC. The van der Waals surface area contributed by atoms with Gasteiger partial charge in [0.25, 0.3) is 0 Å². The van der Waals surface area contributed by atoms with Gasteiger partial charge in [-0.3, -0.25) is 0 Å². The van der Waals surface area contributed by atoms with E-state index in [1.165, 1.54) is 244 Å².